The molecule has 3 aromatic rings. The molecule has 2 aromatic heterocycles. The molecule has 0 aliphatic heterocycles. The van der Waals surface area contributed by atoms with Gasteiger partial charge in [0.25, 0.3) is 5.91 Å². The van der Waals surface area contributed by atoms with E-state index in [1.807, 2.05) is 38.1 Å². The SMILES string of the molecule is Cc1cc(C(=O)Nc2cccc(CCc3nocc3C)c2)nc(C2CC2)n1. The Morgan fingerprint density at radius 2 is 2.04 bits per heavy atom. The summed E-state index contributed by atoms with van der Waals surface area (Å²) >= 11 is 0. The number of hydrogen-bond donors (Lipinski definition) is 1. The monoisotopic (exact) mass is 362 g/mol. The molecule has 0 spiro atoms. The first-order chi connectivity index (χ1) is 13.1. The molecule has 0 atom stereocenters. The minimum Gasteiger partial charge on any atom is -0.364 e. The highest BCUT2D eigenvalue weighted by molar-refractivity contribution is 6.02. The maximum atomic E-state index is 12.6. The molecule has 0 saturated heterocycles. The first kappa shape index (κ1) is 17.4. The Labute approximate surface area is 158 Å². The summed E-state index contributed by atoms with van der Waals surface area (Å²) in [5, 5.41) is 6.97. The highest BCUT2D eigenvalue weighted by atomic mass is 16.5. The summed E-state index contributed by atoms with van der Waals surface area (Å²) < 4.78 is 4.98. The molecule has 1 aromatic carbocycles. The number of benzene rings is 1. The first-order valence-electron chi connectivity index (χ1n) is 9.24. The van der Waals surface area contributed by atoms with Crippen LogP contribution in [-0.4, -0.2) is 21.0 Å². The van der Waals surface area contributed by atoms with Gasteiger partial charge in [-0.3, -0.25) is 4.79 Å². The first-order valence-corrected chi connectivity index (χ1v) is 9.24. The smallest absolute Gasteiger partial charge is 0.274 e. The Hall–Kier alpha value is -3.02. The molecule has 1 fully saturated rings. The van der Waals surface area contributed by atoms with Gasteiger partial charge in [-0.25, -0.2) is 9.97 Å². The van der Waals surface area contributed by atoms with Gasteiger partial charge in [0.05, 0.1) is 5.69 Å². The van der Waals surface area contributed by atoms with Gasteiger partial charge < -0.3 is 9.84 Å². The van der Waals surface area contributed by atoms with Crippen LogP contribution in [-0.2, 0) is 12.8 Å². The molecule has 6 nitrogen and oxygen atoms in total. The van der Waals surface area contributed by atoms with Crippen LogP contribution in [0.1, 0.15) is 57.6 Å². The third kappa shape index (κ3) is 4.22. The van der Waals surface area contributed by atoms with Crippen molar-refractivity contribution in [3.8, 4) is 0 Å². The van der Waals surface area contributed by atoms with Crippen LogP contribution in [0, 0.1) is 13.8 Å². The van der Waals surface area contributed by atoms with Crippen molar-refractivity contribution in [2.24, 2.45) is 0 Å². The van der Waals surface area contributed by atoms with E-state index in [0.717, 1.165) is 59.7 Å². The molecule has 1 amide bonds. The Bertz CT molecular complexity index is 976. The van der Waals surface area contributed by atoms with Crippen molar-refractivity contribution in [1.29, 1.82) is 0 Å². The fourth-order valence-electron chi connectivity index (χ4n) is 3.05. The summed E-state index contributed by atoms with van der Waals surface area (Å²) in [7, 11) is 0. The van der Waals surface area contributed by atoms with E-state index in [1.165, 1.54) is 0 Å². The lowest BCUT2D eigenvalue weighted by atomic mass is 10.1. The lowest BCUT2D eigenvalue weighted by molar-refractivity contribution is 0.102. The van der Waals surface area contributed by atoms with E-state index in [1.54, 1.807) is 12.3 Å². The molecular formula is C21H22N4O2. The average molecular weight is 362 g/mol. The highest BCUT2D eigenvalue weighted by Gasteiger charge is 2.27. The van der Waals surface area contributed by atoms with E-state index in [2.05, 4.69) is 20.4 Å². The number of aryl methyl sites for hydroxylation is 4. The number of rotatable bonds is 6. The fourth-order valence-corrected chi connectivity index (χ4v) is 3.05. The fraction of sp³-hybridized carbons (Fsp3) is 0.333. The second-order valence-corrected chi connectivity index (χ2v) is 7.13. The van der Waals surface area contributed by atoms with Gasteiger partial charge in [0.15, 0.2) is 0 Å². The van der Waals surface area contributed by atoms with Crippen LogP contribution in [0.15, 0.2) is 41.1 Å². The molecule has 0 bridgehead atoms. The van der Waals surface area contributed by atoms with Crippen LogP contribution in [0.2, 0.25) is 0 Å². The average Bonchev–Trinajstić information content (AvgIpc) is 3.42. The van der Waals surface area contributed by atoms with Gasteiger partial charge in [-0.05, 0) is 63.3 Å². The molecule has 6 heteroatoms. The van der Waals surface area contributed by atoms with Crippen LogP contribution in [0.4, 0.5) is 5.69 Å². The molecule has 0 unspecified atom stereocenters. The van der Waals surface area contributed by atoms with Crippen molar-refractivity contribution < 1.29 is 9.32 Å². The zero-order valence-corrected chi connectivity index (χ0v) is 15.5. The second-order valence-electron chi connectivity index (χ2n) is 7.13. The Balaban J connectivity index is 1.44. The summed E-state index contributed by atoms with van der Waals surface area (Å²) in [6.07, 6.45) is 5.51. The van der Waals surface area contributed by atoms with Gasteiger partial charge in [-0.2, -0.15) is 0 Å². The van der Waals surface area contributed by atoms with Crippen molar-refractivity contribution in [2.75, 3.05) is 5.32 Å². The quantitative estimate of drug-likeness (QED) is 0.717. The molecule has 4 rings (SSSR count). The number of carbonyl (C=O) groups excluding carboxylic acids is 1. The molecular weight excluding hydrogens is 340 g/mol. The van der Waals surface area contributed by atoms with Gasteiger partial charge in [0, 0.05) is 22.9 Å². The minimum absolute atomic E-state index is 0.202. The number of hydrogen-bond acceptors (Lipinski definition) is 5. The zero-order valence-electron chi connectivity index (χ0n) is 15.5. The molecule has 1 aliphatic carbocycles. The van der Waals surface area contributed by atoms with E-state index < -0.39 is 0 Å². The third-order valence-electron chi connectivity index (χ3n) is 4.73. The summed E-state index contributed by atoms with van der Waals surface area (Å²) in [6.45, 7) is 3.89. The summed E-state index contributed by atoms with van der Waals surface area (Å²) in [4.78, 5) is 21.5. The second kappa shape index (κ2) is 7.31. The maximum Gasteiger partial charge on any atom is 0.274 e. The van der Waals surface area contributed by atoms with Crippen LogP contribution in [0.5, 0.6) is 0 Å². The number of anilines is 1. The van der Waals surface area contributed by atoms with Crippen LogP contribution >= 0.6 is 0 Å². The minimum atomic E-state index is -0.202. The van der Waals surface area contributed by atoms with Crippen molar-refractivity contribution in [3.05, 3.63) is 70.6 Å². The predicted molar refractivity (Wildman–Crippen MR) is 102 cm³/mol. The van der Waals surface area contributed by atoms with Crippen molar-refractivity contribution in [1.82, 2.24) is 15.1 Å². The third-order valence-corrected chi connectivity index (χ3v) is 4.73. The van der Waals surface area contributed by atoms with Gasteiger partial charge in [0.1, 0.15) is 17.8 Å². The number of aromatic nitrogens is 3. The Morgan fingerprint density at radius 1 is 1.19 bits per heavy atom. The van der Waals surface area contributed by atoms with E-state index in [0.29, 0.717) is 11.6 Å². The summed E-state index contributed by atoms with van der Waals surface area (Å²) in [5.74, 6) is 1.00. The molecule has 2 heterocycles. The van der Waals surface area contributed by atoms with Gasteiger partial charge in [-0.15, -0.1) is 0 Å². The van der Waals surface area contributed by atoms with Crippen molar-refractivity contribution >= 4 is 11.6 Å². The normalized spacial score (nSPS) is 13.6. The van der Waals surface area contributed by atoms with Crippen LogP contribution < -0.4 is 5.32 Å². The number of nitrogens with one attached hydrogen (secondary N) is 1. The lowest BCUT2D eigenvalue weighted by Crippen LogP contribution is -2.15. The Morgan fingerprint density at radius 3 is 2.78 bits per heavy atom. The topological polar surface area (TPSA) is 80.9 Å². The summed E-state index contributed by atoms with van der Waals surface area (Å²) in [5.41, 5.74) is 5.17. The summed E-state index contributed by atoms with van der Waals surface area (Å²) in [6, 6.07) is 9.60. The molecule has 27 heavy (non-hydrogen) atoms. The number of carbonyl (C=O) groups is 1. The molecule has 138 valence electrons. The van der Waals surface area contributed by atoms with E-state index in [-0.39, 0.29) is 5.91 Å². The predicted octanol–water partition coefficient (Wildman–Crippen LogP) is 4.00. The zero-order chi connectivity index (χ0) is 18.8. The lowest BCUT2D eigenvalue weighted by Gasteiger charge is -2.08. The van der Waals surface area contributed by atoms with Crippen molar-refractivity contribution in [3.63, 3.8) is 0 Å². The van der Waals surface area contributed by atoms with Gasteiger partial charge in [-0.1, -0.05) is 17.3 Å². The molecule has 1 saturated carbocycles. The van der Waals surface area contributed by atoms with Gasteiger partial charge in [0.2, 0.25) is 0 Å². The van der Waals surface area contributed by atoms with Gasteiger partial charge >= 0.3 is 0 Å². The molecule has 0 radical (unpaired) electrons. The van der Waals surface area contributed by atoms with E-state index in [4.69, 9.17) is 4.52 Å². The number of amides is 1. The Kier molecular flexibility index (Phi) is 4.71. The largest absolute Gasteiger partial charge is 0.364 e. The number of nitrogens with zero attached hydrogens (tertiary/aromatic N) is 3. The molecule has 1 aliphatic rings. The molecule has 1 N–H and O–H groups in total. The van der Waals surface area contributed by atoms with E-state index >= 15 is 0 Å². The maximum absolute atomic E-state index is 12.6. The highest BCUT2D eigenvalue weighted by Crippen LogP contribution is 2.38. The standard InChI is InChI=1S/C21H22N4O2/c1-13-12-27-25-18(13)9-6-15-4-3-5-17(11-15)23-21(26)19-10-14(2)22-20(24-19)16-7-8-16/h3-5,10-12,16H,6-9H2,1-2H3,(H,23,26). The van der Waals surface area contributed by atoms with Crippen LogP contribution in [0.25, 0.3) is 0 Å². The van der Waals surface area contributed by atoms with Crippen LogP contribution in [0.3, 0.4) is 0 Å². The van der Waals surface area contributed by atoms with E-state index in [9.17, 15) is 4.79 Å². The van der Waals surface area contributed by atoms with Crippen molar-refractivity contribution in [2.45, 2.75) is 45.4 Å².